The molecule has 146 valence electrons. The number of aromatic nitrogens is 3. The summed E-state index contributed by atoms with van der Waals surface area (Å²) in [6.07, 6.45) is 0.233. The van der Waals surface area contributed by atoms with E-state index in [1.165, 1.54) is 11.2 Å². The van der Waals surface area contributed by atoms with Gasteiger partial charge < -0.3 is 14.8 Å². The summed E-state index contributed by atoms with van der Waals surface area (Å²) in [5, 5.41) is 10.3. The standard InChI is InChI=1S/C19H19ClN4O4/c1-10-5-12(24-16(20)6-14-17(24)21-9-22-18(14)25)3-4-13(10)15-8-28-11(2)7-23(15)19(26)27/h3-6,9,11,15H,7-8H2,1-2H3,(H,26,27)(H,21,22,25)/t11-,15-/m1/s1. The van der Waals surface area contributed by atoms with Crippen LogP contribution in [0.2, 0.25) is 5.15 Å². The summed E-state index contributed by atoms with van der Waals surface area (Å²) < 4.78 is 7.38. The number of benzene rings is 1. The van der Waals surface area contributed by atoms with E-state index in [1.807, 2.05) is 32.0 Å². The summed E-state index contributed by atoms with van der Waals surface area (Å²) in [5.74, 6) is 0. The van der Waals surface area contributed by atoms with E-state index < -0.39 is 6.09 Å². The van der Waals surface area contributed by atoms with E-state index in [0.29, 0.717) is 29.3 Å². The van der Waals surface area contributed by atoms with E-state index in [9.17, 15) is 14.7 Å². The zero-order chi connectivity index (χ0) is 20.0. The summed E-state index contributed by atoms with van der Waals surface area (Å²) in [7, 11) is 0. The Morgan fingerprint density at radius 1 is 1.39 bits per heavy atom. The van der Waals surface area contributed by atoms with Gasteiger partial charge in [0.15, 0.2) is 5.65 Å². The number of nitrogens with one attached hydrogen (secondary N) is 1. The Balaban J connectivity index is 1.77. The van der Waals surface area contributed by atoms with Gasteiger partial charge in [-0.3, -0.25) is 14.3 Å². The van der Waals surface area contributed by atoms with E-state index in [-0.39, 0.29) is 17.7 Å². The van der Waals surface area contributed by atoms with Crippen molar-refractivity contribution in [2.24, 2.45) is 0 Å². The van der Waals surface area contributed by atoms with Gasteiger partial charge >= 0.3 is 6.09 Å². The number of aryl methyl sites for hydroxylation is 1. The quantitative estimate of drug-likeness (QED) is 0.686. The summed E-state index contributed by atoms with van der Waals surface area (Å²) >= 11 is 6.36. The zero-order valence-electron chi connectivity index (χ0n) is 15.3. The minimum absolute atomic E-state index is 0.138. The summed E-state index contributed by atoms with van der Waals surface area (Å²) in [6.45, 7) is 4.40. The molecule has 28 heavy (non-hydrogen) atoms. The predicted octanol–water partition coefficient (Wildman–Crippen LogP) is 3.12. The average Bonchev–Trinajstić information content (AvgIpc) is 2.99. The molecule has 0 radical (unpaired) electrons. The van der Waals surface area contributed by atoms with Crippen LogP contribution in [0.25, 0.3) is 16.7 Å². The molecule has 3 heterocycles. The fraction of sp³-hybridized carbons (Fsp3) is 0.316. The topological polar surface area (TPSA) is 100 Å². The highest BCUT2D eigenvalue weighted by Gasteiger charge is 2.32. The third-order valence-electron chi connectivity index (χ3n) is 5.04. The number of rotatable bonds is 2. The number of carboxylic acid groups (broad SMARTS) is 1. The number of hydrogen-bond acceptors (Lipinski definition) is 4. The fourth-order valence-electron chi connectivity index (χ4n) is 3.68. The lowest BCUT2D eigenvalue weighted by atomic mass is 9.98. The van der Waals surface area contributed by atoms with Crippen molar-refractivity contribution in [1.29, 1.82) is 0 Å². The van der Waals surface area contributed by atoms with Gasteiger partial charge in [-0.05, 0) is 43.2 Å². The molecule has 3 aromatic rings. The first-order valence-electron chi connectivity index (χ1n) is 8.83. The van der Waals surface area contributed by atoms with Gasteiger partial charge in [-0.2, -0.15) is 0 Å². The van der Waals surface area contributed by atoms with Crippen LogP contribution in [-0.2, 0) is 4.74 Å². The number of nitrogens with zero attached hydrogens (tertiary/aromatic N) is 3. The highest BCUT2D eigenvalue weighted by Crippen LogP contribution is 2.31. The van der Waals surface area contributed by atoms with Crippen LogP contribution < -0.4 is 5.56 Å². The zero-order valence-corrected chi connectivity index (χ0v) is 16.1. The lowest BCUT2D eigenvalue weighted by molar-refractivity contribution is -0.0466. The van der Waals surface area contributed by atoms with Crippen molar-refractivity contribution >= 4 is 28.7 Å². The molecule has 0 spiro atoms. The molecule has 1 aromatic carbocycles. The number of hydrogen-bond donors (Lipinski definition) is 2. The largest absolute Gasteiger partial charge is 0.465 e. The van der Waals surface area contributed by atoms with Gasteiger partial charge in [-0.15, -0.1) is 0 Å². The minimum Gasteiger partial charge on any atom is -0.465 e. The second-order valence-electron chi connectivity index (χ2n) is 6.91. The maximum Gasteiger partial charge on any atom is 0.407 e. The highest BCUT2D eigenvalue weighted by atomic mass is 35.5. The molecular formula is C19H19ClN4O4. The van der Waals surface area contributed by atoms with Crippen LogP contribution in [-0.4, -0.2) is 49.9 Å². The monoisotopic (exact) mass is 402 g/mol. The first-order valence-corrected chi connectivity index (χ1v) is 9.21. The van der Waals surface area contributed by atoms with E-state index >= 15 is 0 Å². The average molecular weight is 403 g/mol. The number of fused-ring (bicyclic) bond motifs is 1. The van der Waals surface area contributed by atoms with Crippen molar-refractivity contribution in [3.8, 4) is 5.69 Å². The van der Waals surface area contributed by atoms with Crippen LogP contribution in [0.1, 0.15) is 24.1 Å². The molecule has 0 bridgehead atoms. The molecule has 4 rings (SSSR count). The molecular weight excluding hydrogens is 384 g/mol. The lowest BCUT2D eigenvalue weighted by Gasteiger charge is -2.37. The Hall–Kier alpha value is -2.84. The van der Waals surface area contributed by atoms with Crippen LogP contribution in [0.4, 0.5) is 4.79 Å². The molecule has 2 N–H and O–H groups in total. The normalized spacial score (nSPS) is 19.9. The fourth-order valence-corrected chi connectivity index (χ4v) is 3.97. The molecule has 0 unspecified atom stereocenters. The van der Waals surface area contributed by atoms with Gasteiger partial charge in [-0.1, -0.05) is 17.7 Å². The molecule has 2 atom stereocenters. The second-order valence-corrected chi connectivity index (χ2v) is 7.29. The number of aromatic amines is 1. The Morgan fingerprint density at radius 3 is 2.89 bits per heavy atom. The number of ether oxygens (including phenoxy) is 1. The van der Waals surface area contributed by atoms with E-state index in [0.717, 1.165) is 16.8 Å². The predicted molar refractivity (Wildman–Crippen MR) is 104 cm³/mol. The van der Waals surface area contributed by atoms with E-state index in [4.69, 9.17) is 16.3 Å². The van der Waals surface area contributed by atoms with Crippen molar-refractivity contribution in [1.82, 2.24) is 19.4 Å². The van der Waals surface area contributed by atoms with Crippen molar-refractivity contribution in [2.75, 3.05) is 13.2 Å². The van der Waals surface area contributed by atoms with Gasteiger partial charge in [0.1, 0.15) is 5.15 Å². The van der Waals surface area contributed by atoms with Crippen LogP contribution in [0.5, 0.6) is 0 Å². The van der Waals surface area contributed by atoms with Crippen LogP contribution >= 0.6 is 11.6 Å². The lowest BCUT2D eigenvalue weighted by Crippen LogP contribution is -2.46. The third-order valence-corrected chi connectivity index (χ3v) is 5.32. The Bertz CT molecular complexity index is 1120. The second kappa shape index (κ2) is 6.96. The van der Waals surface area contributed by atoms with Crippen molar-refractivity contribution in [3.05, 3.63) is 57.2 Å². The van der Waals surface area contributed by atoms with Crippen molar-refractivity contribution in [2.45, 2.75) is 26.0 Å². The Morgan fingerprint density at radius 2 is 2.18 bits per heavy atom. The summed E-state index contributed by atoms with van der Waals surface area (Å²) in [4.78, 5) is 31.9. The van der Waals surface area contributed by atoms with E-state index in [2.05, 4.69) is 9.97 Å². The SMILES string of the molecule is Cc1cc(-n2c(Cl)cc3c(=O)[nH]cnc32)ccc1[C@H]1CO[C@H](C)CN1C(=O)O. The third kappa shape index (κ3) is 3.04. The Kier molecular flexibility index (Phi) is 4.60. The molecule has 0 aliphatic carbocycles. The van der Waals surface area contributed by atoms with Gasteiger partial charge in [0, 0.05) is 5.69 Å². The molecule has 1 saturated heterocycles. The first-order chi connectivity index (χ1) is 13.4. The number of amides is 1. The first kappa shape index (κ1) is 18.5. The molecule has 2 aromatic heterocycles. The Labute approximate surface area is 165 Å². The smallest absolute Gasteiger partial charge is 0.407 e. The number of carbonyl (C=O) groups is 1. The number of H-pyrrole nitrogens is 1. The molecule has 1 amide bonds. The van der Waals surface area contributed by atoms with Gasteiger partial charge in [0.2, 0.25) is 0 Å². The van der Waals surface area contributed by atoms with Gasteiger partial charge in [0.25, 0.3) is 5.56 Å². The summed E-state index contributed by atoms with van der Waals surface area (Å²) in [5.41, 5.74) is 2.71. The van der Waals surface area contributed by atoms with E-state index in [1.54, 1.807) is 10.6 Å². The highest BCUT2D eigenvalue weighted by molar-refractivity contribution is 6.31. The molecule has 1 aliphatic heterocycles. The molecule has 9 heteroatoms. The minimum atomic E-state index is -0.966. The maximum absolute atomic E-state index is 12.0. The van der Waals surface area contributed by atoms with Crippen LogP contribution in [0.3, 0.4) is 0 Å². The molecule has 0 saturated carbocycles. The van der Waals surface area contributed by atoms with Crippen LogP contribution in [0.15, 0.2) is 35.4 Å². The van der Waals surface area contributed by atoms with Crippen LogP contribution in [0, 0.1) is 6.92 Å². The van der Waals surface area contributed by atoms with Gasteiger partial charge in [-0.25, -0.2) is 9.78 Å². The number of halogens is 1. The van der Waals surface area contributed by atoms with Gasteiger partial charge in [0.05, 0.1) is 37.0 Å². The van der Waals surface area contributed by atoms with Crippen molar-refractivity contribution < 1.29 is 14.6 Å². The molecule has 1 fully saturated rings. The number of morpholine rings is 1. The van der Waals surface area contributed by atoms with Crippen molar-refractivity contribution in [3.63, 3.8) is 0 Å². The maximum atomic E-state index is 12.0. The molecule has 8 nitrogen and oxygen atoms in total. The summed E-state index contributed by atoms with van der Waals surface area (Å²) in [6, 6.07) is 6.82. The molecule has 1 aliphatic rings.